The lowest BCUT2D eigenvalue weighted by atomic mass is 10.1. The molecule has 1 aromatic heterocycles. The molecule has 0 spiro atoms. The fourth-order valence-electron chi connectivity index (χ4n) is 2.41. The zero-order valence-corrected chi connectivity index (χ0v) is 14.0. The van der Waals surface area contributed by atoms with E-state index in [1.165, 1.54) is 11.3 Å². The number of hydrogen-bond acceptors (Lipinski definition) is 3. The molecule has 0 aliphatic heterocycles. The summed E-state index contributed by atoms with van der Waals surface area (Å²) in [5.74, 6) is 0.675. The first-order valence-electron chi connectivity index (χ1n) is 7.92. The van der Waals surface area contributed by atoms with Gasteiger partial charge in [-0.05, 0) is 45.7 Å². The standard InChI is InChI=1S/C17H31N3/c1-7-15(6)20(8-2)17-9-14(5)19-12-16(17)11-18-10-13(3)4/h9,12-13,15,18H,7-8,10-11H2,1-6H3. The van der Waals surface area contributed by atoms with Crippen LogP contribution in [0, 0.1) is 12.8 Å². The smallest absolute Gasteiger partial charge is 0.0447 e. The van der Waals surface area contributed by atoms with Gasteiger partial charge in [0.15, 0.2) is 0 Å². The van der Waals surface area contributed by atoms with Gasteiger partial charge in [-0.15, -0.1) is 0 Å². The highest BCUT2D eigenvalue weighted by atomic mass is 15.2. The number of aryl methyl sites for hydroxylation is 1. The minimum atomic E-state index is 0.561. The predicted molar refractivity (Wildman–Crippen MR) is 88.3 cm³/mol. The van der Waals surface area contributed by atoms with E-state index >= 15 is 0 Å². The van der Waals surface area contributed by atoms with Crippen molar-refractivity contribution in [1.82, 2.24) is 10.3 Å². The lowest BCUT2D eigenvalue weighted by Gasteiger charge is -2.31. The van der Waals surface area contributed by atoms with E-state index in [-0.39, 0.29) is 0 Å². The average Bonchev–Trinajstić information content (AvgIpc) is 2.41. The molecule has 0 aliphatic carbocycles. The summed E-state index contributed by atoms with van der Waals surface area (Å²) in [4.78, 5) is 6.96. The van der Waals surface area contributed by atoms with E-state index in [2.05, 4.69) is 62.8 Å². The van der Waals surface area contributed by atoms with Crippen molar-refractivity contribution in [3.8, 4) is 0 Å². The van der Waals surface area contributed by atoms with Crippen LogP contribution in [0.4, 0.5) is 5.69 Å². The molecule has 0 aromatic carbocycles. The number of aromatic nitrogens is 1. The van der Waals surface area contributed by atoms with Gasteiger partial charge >= 0.3 is 0 Å². The molecule has 0 aliphatic rings. The number of pyridine rings is 1. The van der Waals surface area contributed by atoms with Crippen LogP contribution < -0.4 is 10.2 Å². The van der Waals surface area contributed by atoms with E-state index in [4.69, 9.17) is 0 Å². The summed E-state index contributed by atoms with van der Waals surface area (Å²) in [5, 5.41) is 3.53. The van der Waals surface area contributed by atoms with Crippen molar-refractivity contribution < 1.29 is 0 Å². The quantitative estimate of drug-likeness (QED) is 0.784. The molecule has 0 fully saturated rings. The zero-order valence-electron chi connectivity index (χ0n) is 14.0. The second-order valence-electron chi connectivity index (χ2n) is 6.02. The van der Waals surface area contributed by atoms with Crippen LogP contribution in [-0.2, 0) is 6.54 Å². The summed E-state index contributed by atoms with van der Waals surface area (Å²) >= 11 is 0. The van der Waals surface area contributed by atoms with E-state index in [0.717, 1.165) is 31.7 Å². The summed E-state index contributed by atoms with van der Waals surface area (Å²) in [6, 6.07) is 2.79. The van der Waals surface area contributed by atoms with Crippen LogP contribution in [0.25, 0.3) is 0 Å². The first-order chi connectivity index (χ1) is 9.49. The third-order valence-electron chi connectivity index (χ3n) is 3.74. The van der Waals surface area contributed by atoms with Crippen molar-refractivity contribution in [2.24, 2.45) is 5.92 Å². The predicted octanol–water partition coefficient (Wildman–Crippen LogP) is 3.76. The van der Waals surface area contributed by atoms with Crippen molar-refractivity contribution in [2.75, 3.05) is 18.0 Å². The molecule has 1 heterocycles. The van der Waals surface area contributed by atoms with E-state index in [1.54, 1.807) is 0 Å². The van der Waals surface area contributed by atoms with Crippen LogP contribution in [0.3, 0.4) is 0 Å². The fourth-order valence-corrected chi connectivity index (χ4v) is 2.41. The Balaban J connectivity index is 2.93. The maximum absolute atomic E-state index is 4.47. The van der Waals surface area contributed by atoms with Crippen LogP contribution in [-0.4, -0.2) is 24.1 Å². The molecule has 0 bridgehead atoms. The van der Waals surface area contributed by atoms with Gasteiger partial charge in [0.1, 0.15) is 0 Å². The first kappa shape index (κ1) is 17.0. The van der Waals surface area contributed by atoms with Crippen LogP contribution >= 0.6 is 0 Å². The Morgan fingerprint density at radius 1 is 1.25 bits per heavy atom. The van der Waals surface area contributed by atoms with Crippen molar-refractivity contribution >= 4 is 5.69 Å². The summed E-state index contributed by atoms with van der Waals surface area (Å²) < 4.78 is 0. The topological polar surface area (TPSA) is 28.2 Å². The molecule has 1 unspecified atom stereocenters. The molecule has 1 rings (SSSR count). The Morgan fingerprint density at radius 2 is 1.95 bits per heavy atom. The van der Waals surface area contributed by atoms with Crippen LogP contribution in [0.2, 0.25) is 0 Å². The molecule has 1 N–H and O–H groups in total. The van der Waals surface area contributed by atoms with Gasteiger partial charge in [0.05, 0.1) is 0 Å². The third kappa shape index (κ3) is 4.78. The van der Waals surface area contributed by atoms with E-state index in [9.17, 15) is 0 Å². The molecule has 114 valence electrons. The van der Waals surface area contributed by atoms with Crippen LogP contribution in [0.5, 0.6) is 0 Å². The van der Waals surface area contributed by atoms with Gasteiger partial charge in [0, 0.05) is 42.3 Å². The number of anilines is 1. The molecule has 0 radical (unpaired) electrons. The Hall–Kier alpha value is -1.09. The second-order valence-corrected chi connectivity index (χ2v) is 6.02. The maximum Gasteiger partial charge on any atom is 0.0447 e. The van der Waals surface area contributed by atoms with Crippen molar-refractivity contribution in [3.63, 3.8) is 0 Å². The normalized spacial score (nSPS) is 12.8. The Kier molecular flexibility index (Phi) is 7.00. The lowest BCUT2D eigenvalue weighted by Crippen LogP contribution is -2.34. The molecule has 0 saturated carbocycles. The number of hydrogen-bond donors (Lipinski definition) is 1. The van der Waals surface area contributed by atoms with Crippen molar-refractivity contribution in [3.05, 3.63) is 23.5 Å². The van der Waals surface area contributed by atoms with Crippen molar-refractivity contribution in [2.45, 2.75) is 60.5 Å². The van der Waals surface area contributed by atoms with E-state index in [0.29, 0.717) is 12.0 Å². The Bertz CT molecular complexity index is 401. The van der Waals surface area contributed by atoms with Gasteiger partial charge in [0.25, 0.3) is 0 Å². The van der Waals surface area contributed by atoms with Gasteiger partial charge in [-0.1, -0.05) is 20.8 Å². The molecule has 20 heavy (non-hydrogen) atoms. The second kappa shape index (κ2) is 8.25. The molecule has 3 nitrogen and oxygen atoms in total. The summed E-state index contributed by atoms with van der Waals surface area (Å²) in [7, 11) is 0. The SMILES string of the molecule is CCC(C)N(CC)c1cc(C)ncc1CNCC(C)C. The summed E-state index contributed by atoms with van der Waals surface area (Å²) in [6.07, 6.45) is 3.19. The van der Waals surface area contributed by atoms with Crippen molar-refractivity contribution in [1.29, 1.82) is 0 Å². The molecule has 1 atom stereocenters. The molecule has 1 aromatic rings. The van der Waals surface area contributed by atoms with Gasteiger partial charge < -0.3 is 10.2 Å². The van der Waals surface area contributed by atoms with Gasteiger partial charge in [-0.25, -0.2) is 0 Å². The largest absolute Gasteiger partial charge is 0.369 e. The Labute approximate surface area is 124 Å². The minimum Gasteiger partial charge on any atom is -0.369 e. The highest BCUT2D eigenvalue weighted by Gasteiger charge is 2.15. The Morgan fingerprint density at radius 3 is 2.50 bits per heavy atom. The zero-order chi connectivity index (χ0) is 15.1. The molecule has 0 amide bonds. The number of nitrogens with one attached hydrogen (secondary N) is 1. The van der Waals surface area contributed by atoms with Gasteiger partial charge in [-0.3, -0.25) is 4.98 Å². The number of rotatable bonds is 8. The summed E-state index contributed by atoms with van der Waals surface area (Å²) in [6.45, 7) is 16.3. The van der Waals surface area contributed by atoms with Crippen LogP contribution in [0.1, 0.15) is 52.3 Å². The van der Waals surface area contributed by atoms with E-state index < -0.39 is 0 Å². The average molecular weight is 277 g/mol. The van der Waals surface area contributed by atoms with Crippen LogP contribution in [0.15, 0.2) is 12.3 Å². The third-order valence-corrected chi connectivity index (χ3v) is 3.74. The highest BCUT2D eigenvalue weighted by Crippen LogP contribution is 2.24. The molecule has 3 heteroatoms. The molecular weight excluding hydrogens is 246 g/mol. The molecule has 0 saturated heterocycles. The first-order valence-corrected chi connectivity index (χ1v) is 7.92. The van der Waals surface area contributed by atoms with E-state index in [1.807, 2.05) is 6.20 Å². The fraction of sp³-hybridized carbons (Fsp3) is 0.706. The summed E-state index contributed by atoms with van der Waals surface area (Å²) in [5.41, 5.74) is 3.73. The highest BCUT2D eigenvalue weighted by molar-refractivity contribution is 5.54. The minimum absolute atomic E-state index is 0.561. The maximum atomic E-state index is 4.47. The van der Waals surface area contributed by atoms with Gasteiger partial charge in [0.2, 0.25) is 0 Å². The monoisotopic (exact) mass is 277 g/mol. The van der Waals surface area contributed by atoms with Gasteiger partial charge in [-0.2, -0.15) is 0 Å². The number of nitrogens with zero attached hydrogens (tertiary/aromatic N) is 2. The molecular formula is C17H31N3. The lowest BCUT2D eigenvalue weighted by molar-refractivity contribution is 0.549.